The maximum Gasteiger partial charge on any atom is 0.231 e. The molecule has 0 aliphatic rings. The second-order valence-electron chi connectivity index (χ2n) is 6.28. The van der Waals surface area contributed by atoms with Gasteiger partial charge in [0.25, 0.3) is 0 Å². The molecule has 0 aliphatic heterocycles. The number of rotatable bonds is 5. The highest BCUT2D eigenvalue weighted by Gasteiger charge is 2.24. The first-order chi connectivity index (χ1) is 9.37. The maximum atomic E-state index is 5.84. The zero-order chi connectivity index (χ0) is 14.8. The van der Waals surface area contributed by atoms with Gasteiger partial charge in [0.15, 0.2) is 5.82 Å². The van der Waals surface area contributed by atoms with Crippen LogP contribution >= 0.6 is 11.3 Å². The summed E-state index contributed by atoms with van der Waals surface area (Å²) in [7, 11) is 0. The van der Waals surface area contributed by atoms with Gasteiger partial charge in [0.05, 0.1) is 23.0 Å². The number of aromatic nitrogens is 3. The van der Waals surface area contributed by atoms with Crippen molar-refractivity contribution in [3.63, 3.8) is 0 Å². The highest BCUT2D eigenvalue weighted by Crippen LogP contribution is 2.29. The quantitative estimate of drug-likeness (QED) is 0.917. The highest BCUT2D eigenvalue weighted by molar-refractivity contribution is 7.09. The predicted octanol–water partition coefficient (Wildman–Crippen LogP) is 2.90. The van der Waals surface area contributed by atoms with Gasteiger partial charge < -0.3 is 10.3 Å². The largest absolute Gasteiger partial charge is 0.339 e. The van der Waals surface area contributed by atoms with Crippen molar-refractivity contribution >= 4 is 11.3 Å². The average molecular weight is 294 g/mol. The van der Waals surface area contributed by atoms with Gasteiger partial charge in [-0.05, 0) is 18.8 Å². The summed E-state index contributed by atoms with van der Waals surface area (Å²) in [6.07, 6.45) is 1.54. The SMILES string of the molecule is Cc1nc(Cc2noc(C(CN)CC(C)(C)C)n2)cs1. The van der Waals surface area contributed by atoms with Crippen LogP contribution < -0.4 is 5.73 Å². The number of nitrogens with zero attached hydrogens (tertiary/aromatic N) is 3. The Morgan fingerprint density at radius 3 is 2.65 bits per heavy atom. The first kappa shape index (κ1) is 15.1. The van der Waals surface area contributed by atoms with Gasteiger partial charge >= 0.3 is 0 Å². The van der Waals surface area contributed by atoms with E-state index in [9.17, 15) is 0 Å². The molecular formula is C14H22N4OS. The summed E-state index contributed by atoms with van der Waals surface area (Å²) in [6.45, 7) is 9.07. The number of hydrogen-bond acceptors (Lipinski definition) is 6. The van der Waals surface area contributed by atoms with Crippen LogP contribution in [0.1, 0.15) is 55.5 Å². The maximum absolute atomic E-state index is 5.84. The average Bonchev–Trinajstić information content (AvgIpc) is 2.95. The smallest absolute Gasteiger partial charge is 0.231 e. The first-order valence-electron chi connectivity index (χ1n) is 6.81. The molecule has 0 saturated heterocycles. The molecule has 0 bridgehead atoms. The summed E-state index contributed by atoms with van der Waals surface area (Å²) in [5.41, 5.74) is 7.01. The minimum atomic E-state index is 0.119. The fourth-order valence-corrected chi connectivity index (χ4v) is 2.78. The highest BCUT2D eigenvalue weighted by atomic mass is 32.1. The predicted molar refractivity (Wildman–Crippen MR) is 79.8 cm³/mol. The van der Waals surface area contributed by atoms with Crippen LogP contribution in [0.25, 0.3) is 0 Å². The monoisotopic (exact) mass is 294 g/mol. The summed E-state index contributed by atoms with van der Waals surface area (Å²) in [5.74, 6) is 1.44. The standard InChI is InChI=1S/C14H22N4OS/c1-9-16-11(8-20-9)5-12-17-13(19-18-12)10(7-15)6-14(2,3)4/h8,10H,5-7,15H2,1-4H3. The molecule has 6 heteroatoms. The lowest BCUT2D eigenvalue weighted by Gasteiger charge is -2.22. The van der Waals surface area contributed by atoms with E-state index in [0.29, 0.717) is 24.7 Å². The van der Waals surface area contributed by atoms with Crippen LogP contribution in [-0.4, -0.2) is 21.7 Å². The molecule has 0 spiro atoms. The first-order valence-corrected chi connectivity index (χ1v) is 7.69. The lowest BCUT2D eigenvalue weighted by molar-refractivity contribution is 0.286. The zero-order valence-corrected chi connectivity index (χ0v) is 13.3. The fraction of sp³-hybridized carbons (Fsp3) is 0.643. The number of hydrogen-bond donors (Lipinski definition) is 1. The summed E-state index contributed by atoms with van der Waals surface area (Å²) in [4.78, 5) is 8.89. The van der Waals surface area contributed by atoms with Gasteiger partial charge in [0.2, 0.25) is 5.89 Å². The number of aryl methyl sites for hydroxylation is 1. The van der Waals surface area contributed by atoms with Crippen LogP contribution in [0.3, 0.4) is 0 Å². The van der Waals surface area contributed by atoms with Crippen LogP contribution in [0.15, 0.2) is 9.90 Å². The number of thiazole rings is 1. The summed E-state index contributed by atoms with van der Waals surface area (Å²) in [5, 5.41) is 7.12. The third-order valence-corrected chi connectivity index (χ3v) is 3.80. The van der Waals surface area contributed by atoms with Crippen molar-refractivity contribution in [1.29, 1.82) is 0 Å². The Bertz CT molecular complexity index is 556. The third-order valence-electron chi connectivity index (χ3n) is 2.98. The van der Waals surface area contributed by atoms with Crippen molar-refractivity contribution < 1.29 is 4.52 Å². The van der Waals surface area contributed by atoms with E-state index < -0.39 is 0 Å². The van der Waals surface area contributed by atoms with Crippen molar-refractivity contribution in [3.8, 4) is 0 Å². The van der Waals surface area contributed by atoms with E-state index in [1.165, 1.54) is 0 Å². The van der Waals surface area contributed by atoms with E-state index >= 15 is 0 Å². The molecular weight excluding hydrogens is 272 g/mol. The Morgan fingerprint density at radius 2 is 2.10 bits per heavy atom. The Labute approximate surface area is 123 Å². The van der Waals surface area contributed by atoms with Gasteiger partial charge in [0, 0.05) is 11.9 Å². The van der Waals surface area contributed by atoms with Crippen molar-refractivity contribution in [2.45, 2.75) is 46.5 Å². The number of nitrogens with two attached hydrogens (primary N) is 1. The molecule has 0 fully saturated rings. The van der Waals surface area contributed by atoms with Crippen LogP contribution in [0, 0.1) is 12.3 Å². The molecule has 2 rings (SSSR count). The molecule has 1 atom stereocenters. The van der Waals surface area contributed by atoms with Crippen molar-refractivity contribution in [3.05, 3.63) is 27.8 Å². The van der Waals surface area contributed by atoms with E-state index in [1.807, 2.05) is 12.3 Å². The Balaban J connectivity index is 2.07. The van der Waals surface area contributed by atoms with E-state index in [2.05, 4.69) is 35.9 Å². The molecule has 1 unspecified atom stereocenters. The topological polar surface area (TPSA) is 77.8 Å². The lowest BCUT2D eigenvalue weighted by atomic mass is 9.84. The zero-order valence-electron chi connectivity index (χ0n) is 12.5. The fourth-order valence-electron chi connectivity index (χ4n) is 2.17. The lowest BCUT2D eigenvalue weighted by Crippen LogP contribution is -2.19. The van der Waals surface area contributed by atoms with Gasteiger partial charge in [-0.25, -0.2) is 4.98 Å². The molecule has 0 saturated carbocycles. The van der Waals surface area contributed by atoms with Crippen LogP contribution in [0.5, 0.6) is 0 Å². The molecule has 5 nitrogen and oxygen atoms in total. The molecule has 0 aromatic carbocycles. The summed E-state index contributed by atoms with van der Waals surface area (Å²) in [6, 6.07) is 0. The van der Waals surface area contributed by atoms with Gasteiger partial charge in [-0.3, -0.25) is 0 Å². The van der Waals surface area contributed by atoms with Gasteiger partial charge in [-0.1, -0.05) is 25.9 Å². The molecule has 0 radical (unpaired) electrons. The molecule has 20 heavy (non-hydrogen) atoms. The Hall–Kier alpha value is -1.27. The normalized spacial score (nSPS) is 13.7. The van der Waals surface area contributed by atoms with Crippen molar-refractivity contribution in [1.82, 2.24) is 15.1 Å². The molecule has 110 valence electrons. The molecule has 2 N–H and O–H groups in total. The van der Waals surface area contributed by atoms with E-state index in [-0.39, 0.29) is 11.3 Å². The van der Waals surface area contributed by atoms with E-state index in [1.54, 1.807) is 11.3 Å². The summed E-state index contributed by atoms with van der Waals surface area (Å²) >= 11 is 1.63. The molecule has 2 aromatic rings. The minimum Gasteiger partial charge on any atom is -0.339 e. The second-order valence-corrected chi connectivity index (χ2v) is 7.34. The second kappa shape index (κ2) is 6.01. The molecule has 0 aliphatic carbocycles. The molecule has 0 amide bonds. The van der Waals surface area contributed by atoms with Crippen molar-refractivity contribution in [2.24, 2.45) is 11.1 Å². The van der Waals surface area contributed by atoms with Crippen LogP contribution in [-0.2, 0) is 6.42 Å². The molecule has 2 aromatic heterocycles. The Kier molecular flexibility index (Phi) is 4.55. The van der Waals surface area contributed by atoms with E-state index in [0.717, 1.165) is 17.1 Å². The van der Waals surface area contributed by atoms with Crippen molar-refractivity contribution in [2.75, 3.05) is 6.54 Å². The van der Waals surface area contributed by atoms with Gasteiger partial charge in [-0.2, -0.15) is 4.98 Å². The van der Waals surface area contributed by atoms with Crippen LogP contribution in [0.2, 0.25) is 0 Å². The van der Waals surface area contributed by atoms with Gasteiger partial charge in [-0.15, -0.1) is 11.3 Å². The summed E-state index contributed by atoms with van der Waals surface area (Å²) < 4.78 is 5.38. The Morgan fingerprint density at radius 1 is 1.35 bits per heavy atom. The van der Waals surface area contributed by atoms with Crippen LogP contribution in [0.4, 0.5) is 0 Å². The molecule has 2 heterocycles. The van der Waals surface area contributed by atoms with E-state index in [4.69, 9.17) is 10.3 Å². The third kappa shape index (κ3) is 4.11. The van der Waals surface area contributed by atoms with Gasteiger partial charge in [0.1, 0.15) is 0 Å². The minimum absolute atomic E-state index is 0.119.